The lowest BCUT2D eigenvalue weighted by atomic mass is 10.1. The number of rotatable bonds is 5. The molecular weight excluding hydrogens is 330 g/mol. The van der Waals surface area contributed by atoms with E-state index in [1.165, 1.54) is 20.0 Å². The van der Waals surface area contributed by atoms with Crippen molar-refractivity contribution in [2.45, 2.75) is 31.3 Å². The van der Waals surface area contributed by atoms with Crippen LogP contribution in [0.15, 0.2) is 17.0 Å². The van der Waals surface area contributed by atoms with Gasteiger partial charge in [0.2, 0.25) is 10.0 Å². The summed E-state index contributed by atoms with van der Waals surface area (Å²) in [7, 11) is -2.44. The van der Waals surface area contributed by atoms with Gasteiger partial charge in [-0.1, -0.05) is 18.5 Å². The van der Waals surface area contributed by atoms with Crippen molar-refractivity contribution in [3.8, 4) is 5.75 Å². The Morgan fingerprint density at radius 2 is 2.18 bits per heavy atom. The fraction of sp³-hybridized carbons (Fsp3) is 0.500. The Hall–Kier alpha value is -1.31. The number of hydrogen-bond donors (Lipinski definition) is 1. The third-order valence-corrected chi connectivity index (χ3v) is 5.66. The van der Waals surface area contributed by atoms with E-state index in [-0.39, 0.29) is 22.6 Å². The summed E-state index contributed by atoms with van der Waals surface area (Å²) in [5, 5.41) is 9.16. The molecule has 1 aromatic rings. The van der Waals surface area contributed by atoms with Gasteiger partial charge in [0.1, 0.15) is 11.9 Å². The van der Waals surface area contributed by atoms with Gasteiger partial charge < -0.3 is 9.84 Å². The molecule has 0 aliphatic carbocycles. The Balaban J connectivity index is 2.33. The third kappa shape index (κ3) is 3.21. The molecule has 0 bridgehead atoms. The molecule has 122 valence electrons. The SMILES string of the molecule is CC1Cc2cc(S(=O)(=O)N(C)CC(C)C(=O)O)cc(Cl)c2O1. The Kier molecular flexibility index (Phi) is 4.70. The largest absolute Gasteiger partial charge is 0.489 e. The van der Waals surface area contributed by atoms with Gasteiger partial charge in [-0.25, -0.2) is 12.7 Å². The van der Waals surface area contributed by atoms with Crippen LogP contribution in [-0.2, 0) is 21.2 Å². The van der Waals surface area contributed by atoms with E-state index < -0.39 is 21.9 Å². The average molecular weight is 348 g/mol. The summed E-state index contributed by atoms with van der Waals surface area (Å²) in [6.07, 6.45) is 0.545. The molecule has 2 rings (SSSR count). The van der Waals surface area contributed by atoms with Crippen molar-refractivity contribution >= 4 is 27.6 Å². The van der Waals surface area contributed by atoms with Crippen molar-refractivity contribution < 1.29 is 23.1 Å². The summed E-state index contributed by atoms with van der Waals surface area (Å²) in [5.41, 5.74) is 0.748. The van der Waals surface area contributed by atoms with Crippen molar-refractivity contribution in [3.63, 3.8) is 0 Å². The van der Waals surface area contributed by atoms with Crippen LogP contribution in [-0.4, -0.2) is 43.5 Å². The Morgan fingerprint density at radius 1 is 1.55 bits per heavy atom. The number of carboxylic acid groups (broad SMARTS) is 1. The van der Waals surface area contributed by atoms with Crippen molar-refractivity contribution in [2.24, 2.45) is 5.92 Å². The van der Waals surface area contributed by atoms with Gasteiger partial charge in [0, 0.05) is 25.6 Å². The maximum Gasteiger partial charge on any atom is 0.307 e. The average Bonchev–Trinajstić information content (AvgIpc) is 2.79. The lowest BCUT2D eigenvalue weighted by molar-refractivity contribution is -0.141. The molecule has 2 unspecified atom stereocenters. The summed E-state index contributed by atoms with van der Waals surface area (Å²) >= 11 is 6.10. The third-order valence-electron chi connectivity index (χ3n) is 3.58. The van der Waals surface area contributed by atoms with Gasteiger partial charge in [0.15, 0.2) is 0 Å². The van der Waals surface area contributed by atoms with Crippen LogP contribution in [0.1, 0.15) is 19.4 Å². The summed E-state index contributed by atoms with van der Waals surface area (Å²) in [6.45, 7) is 3.23. The molecule has 0 radical (unpaired) electrons. The number of carbonyl (C=O) groups is 1. The summed E-state index contributed by atoms with van der Waals surface area (Å²) in [6, 6.07) is 2.89. The van der Waals surface area contributed by atoms with Gasteiger partial charge in [0.05, 0.1) is 15.8 Å². The second-order valence-corrected chi connectivity index (χ2v) is 8.00. The molecule has 22 heavy (non-hydrogen) atoms. The van der Waals surface area contributed by atoms with E-state index in [1.54, 1.807) is 6.07 Å². The number of benzene rings is 1. The molecule has 0 spiro atoms. The van der Waals surface area contributed by atoms with Crippen molar-refractivity contribution in [2.75, 3.05) is 13.6 Å². The zero-order chi connectivity index (χ0) is 16.7. The van der Waals surface area contributed by atoms with Gasteiger partial charge >= 0.3 is 5.97 Å². The highest BCUT2D eigenvalue weighted by Crippen LogP contribution is 2.38. The highest BCUT2D eigenvalue weighted by Gasteiger charge is 2.29. The monoisotopic (exact) mass is 347 g/mol. The molecule has 0 aromatic heterocycles. The first-order valence-electron chi connectivity index (χ1n) is 6.81. The van der Waals surface area contributed by atoms with Gasteiger partial charge in [-0.15, -0.1) is 0 Å². The number of carboxylic acids is 1. The number of hydrogen-bond acceptors (Lipinski definition) is 4. The highest BCUT2D eigenvalue weighted by molar-refractivity contribution is 7.89. The van der Waals surface area contributed by atoms with E-state index in [4.69, 9.17) is 21.4 Å². The number of sulfonamides is 1. The number of fused-ring (bicyclic) bond motifs is 1. The minimum absolute atomic E-state index is 0.0461. The van der Waals surface area contributed by atoms with E-state index in [1.807, 2.05) is 6.92 Å². The number of ether oxygens (including phenoxy) is 1. The topological polar surface area (TPSA) is 83.9 Å². The van der Waals surface area contributed by atoms with E-state index in [9.17, 15) is 13.2 Å². The zero-order valence-electron chi connectivity index (χ0n) is 12.5. The number of halogens is 1. The van der Waals surface area contributed by atoms with Crippen LogP contribution in [0.25, 0.3) is 0 Å². The summed E-state index contributed by atoms with van der Waals surface area (Å²) in [5.74, 6) is -1.32. The predicted molar refractivity (Wildman–Crippen MR) is 81.9 cm³/mol. The summed E-state index contributed by atoms with van der Waals surface area (Å²) < 4.78 is 31.7. The first-order chi connectivity index (χ1) is 10.1. The molecule has 1 aliphatic rings. The van der Waals surface area contributed by atoms with Gasteiger partial charge in [-0.2, -0.15) is 0 Å². The zero-order valence-corrected chi connectivity index (χ0v) is 14.1. The molecular formula is C14H18ClNO5S. The normalized spacial score (nSPS) is 18.9. The lowest BCUT2D eigenvalue weighted by Gasteiger charge is -2.19. The first-order valence-corrected chi connectivity index (χ1v) is 8.63. The maximum atomic E-state index is 12.6. The Morgan fingerprint density at radius 3 is 2.77 bits per heavy atom. The Bertz CT molecular complexity index is 703. The van der Waals surface area contributed by atoms with E-state index in [2.05, 4.69) is 0 Å². The smallest absolute Gasteiger partial charge is 0.307 e. The molecule has 6 nitrogen and oxygen atoms in total. The van der Waals surface area contributed by atoms with Crippen LogP contribution in [0.3, 0.4) is 0 Å². The van der Waals surface area contributed by atoms with Crippen LogP contribution in [0.4, 0.5) is 0 Å². The fourth-order valence-corrected chi connectivity index (χ4v) is 4.04. The van der Waals surface area contributed by atoms with Crippen molar-refractivity contribution in [3.05, 3.63) is 22.7 Å². The molecule has 0 fully saturated rings. The molecule has 1 heterocycles. The van der Waals surface area contributed by atoms with Crippen LogP contribution >= 0.6 is 11.6 Å². The number of nitrogens with zero attached hydrogens (tertiary/aromatic N) is 1. The lowest BCUT2D eigenvalue weighted by Crippen LogP contribution is -2.33. The molecule has 8 heteroatoms. The van der Waals surface area contributed by atoms with Crippen LogP contribution < -0.4 is 4.74 Å². The fourth-order valence-electron chi connectivity index (χ4n) is 2.35. The maximum absolute atomic E-state index is 12.6. The van der Waals surface area contributed by atoms with Gasteiger partial charge in [-0.05, 0) is 19.1 Å². The molecule has 1 N–H and O–H groups in total. The van der Waals surface area contributed by atoms with E-state index >= 15 is 0 Å². The molecule has 2 atom stereocenters. The minimum atomic E-state index is -3.80. The Labute approximate surface area is 134 Å². The van der Waals surface area contributed by atoms with Crippen LogP contribution in [0.2, 0.25) is 5.02 Å². The quantitative estimate of drug-likeness (QED) is 0.880. The second kappa shape index (κ2) is 6.06. The molecule has 0 saturated carbocycles. The molecule has 1 aliphatic heterocycles. The van der Waals surface area contributed by atoms with E-state index in [0.29, 0.717) is 12.2 Å². The van der Waals surface area contributed by atoms with Crippen LogP contribution in [0.5, 0.6) is 5.75 Å². The van der Waals surface area contributed by atoms with Gasteiger partial charge in [-0.3, -0.25) is 4.79 Å². The second-order valence-electron chi connectivity index (χ2n) is 5.55. The molecule has 1 aromatic carbocycles. The van der Waals surface area contributed by atoms with Gasteiger partial charge in [0.25, 0.3) is 0 Å². The predicted octanol–water partition coefficient (Wildman–Crippen LogP) is 2.00. The standard InChI is InChI=1S/C14H18ClNO5S/c1-8(14(17)18)7-16(3)22(19,20)11-5-10-4-9(2)21-13(10)12(15)6-11/h5-6,8-9H,4,7H2,1-3H3,(H,17,18). The first kappa shape index (κ1) is 17.1. The van der Waals surface area contributed by atoms with E-state index in [0.717, 1.165) is 9.87 Å². The highest BCUT2D eigenvalue weighted by atomic mass is 35.5. The van der Waals surface area contributed by atoms with Crippen molar-refractivity contribution in [1.82, 2.24) is 4.31 Å². The van der Waals surface area contributed by atoms with Crippen LogP contribution in [0, 0.1) is 5.92 Å². The van der Waals surface area contributed by atoms with Crippen molar-refractivity contribution in [1.29, 1.82) is 0 Å². The molecule has 0 saturated heterocycles. The number of aliphatic carboxylic acids is 1. The minimum Gasteiger partial charge on any atom is -0.489 e. The molecule has 0 amide bonds. The summed E-state index contributed by atoms with van der Waals surface area (Å²) in [4.78, 5) is 10.9.